The van der Waals surface area contributed by atoms with Gasteiger partial charge >= 0.3 is 181 Å². The quantitative estimate of drug-likeness (QED) is 0.0574. The molecule has 5 heteroatoms. The van der Waals surface area contributed by atoms with Crippen molar-refractivity contribution < 1.29 is 19.4 Å². The van der Waals surface area contributed by atoms with E-state index in [1.54, 1.807) is 0 Å². The Kier molecular flexibility index (Phi) is 21.6. The van der Waals surface area contributed by atoms with Gasteiger partial charge in [0.05, 0.1) is 0 Å². The second-order valence-corrected chi connectivity index (χ2v) is 23.0. The number of unbranched alkanes of at least 4 members (excludes halogenated alkanes) is 10. The number of carbonyl (C=O) groups is 2. The molecule has 194 valence electrons. The van der Waals surface area contributed by atoms with E-state index in [4.69, 9.17) is 9.84 Å². The van der Waals surface area contributed by atoms with E-state index in [1.807, 2.05) is 13.0 Å². The number of hydrogen-bond donors (Lipinski definition) is 1. The summed E-state index contributed by atoms with van der Waals surface area (Å²) in [6.45, 7) is 8.85. The zero-order chi connectivity index (χ0) is 24.8. The van der Waals surface area contributed by atoms with Crippen LogP contribution in [0.1, 0.15) is 130 Å². The number of carboxylic acid groups (broad SMARTS) is 1. The number of carbonyl (C=O) groups excluding carboxylic acids is 1. The first-order valence-electron chi connectivity index (χ1n) is 14.0. The van der Waals surface area contributed by atoms with Gasteiger partial charge in [0.1, 0.15) is 0 Å². The molecule has 0 aliphatic rings. The zero-order valence-electron chi connectivity index (χ0n) is 22.3. The van der Waals surface area contributed by atoms with Crippen LogP contribution in [0, 0.1) is 0 Å². The van der Waals surface area contributed by atoms with Crippen molar-refractivity contribution in [2.75, 3.05) is 0 Å². The predicted molar refractivity (Wildman–Crippen MR) is 143 cm³/mol. The maximum absolute atomic E-state index is 12.5. The first-order valence-corrected chi connectivity index (χ1v) is 21.7. The molecular weight excluding hydrogens is 519 g/mol. The molecule has 1 N–H and O–H groups in total. The van der Waals surface area contributed by atoms with Crippen molar-refractivity contribution in [2.45, 2.75) is 150 Å². The van der Waals surface area contributed by atoms with Gasteiger partial charge in [-0.3, -0.25) is 4.79 Å². The Morgan fingerprint density at radius 3 is 1.67 bits per heavy atom. The van der Waals surface area contributed by atoms with Crippen molar-refractivity contribution in [3.8, 4) is 0 Å². The van der Waals surface area contributed by atoms with E-state index in [-0.39, 0.29) is 12.1 Å². The minimum absolute atomic E-state index is 0.00954. The van der Waals surface area contributed by atoms with Crippen molar-refractivity contribution in [1.82, 2.24) is 0 Å². The summed E-state index contributed by atoms with van der Waals surface area (Å²) in [5, 5.41) is 8.64. The summed E-state index contributed by atoms with van der Waals surface area (Å²) in [6, 6.07) is 0. The number of hydrogen-bond acceptors (Lipinski definition) is 3. The SMILES string of the molecule is CCC[CH2][Sn](/[CH]=C/C(=O)OC(C)CCCCCCCCCCC(=O)O)([CH2]CCC)[CH2]CCC. The number of rotatable bonds is 23. The van der Waals surface area contributed by atoms with Gasteiger partial charge in [0.25, 0.3) is 0 Å². The molecule has 0 aromatic rings. The molecule has 0 aliphatic carbocycles. The van der Waals surface area contributed by atoms with Gasteiger partial charge in [-0.05, 0) is 6.42 Å². The third kappa shape index (κ3) is 19.5. The fourth-order valence-corrected chi connectivity index (χ4v) is 18.5. The molecule has 0 amide bonds. The molecule has 0 saturated heterocycles. The summed E-state index contributed by atoms with van der Waals surface area (Å²) >= 11 is -2.41. The Morgan fingerprint density at radius 1 is 0.758 bits per heavy atom. The van der Waals surface area contributed by atoms with E-state index in [2.05, 4.69) is 24.9 Å². The van der Waals surface area contributed by atoms with Gasteiger partial charge in [-0.25, -0.2) is 0 Å². The van der Waals surface area contributed by atoms with Crippen LogP contribution in [0.25, 0.3) is 0 Å². The summed E-state index contributed by atoms with van der Waals surface area (Å²) in [6.07, 6.45) is 19.6. The monoisotopic (exact) mass is 574 g/mol. The summed E-state index contributed by atoms with van der Waals surface area (Å²) in [5.74, 6) is -0.818. The number of aliphatic carboxylic acids is 1. The summed E-state index contributed by atoms with van der Waals surface area (Å²) in [4.78, 5) is 23.0. The van der Waals surface area contributed by atoms with Crippen LogP contribution in [0.2, 0.25) is 13.3 Å². The van der Waals surface area contributed by atoms with Gasteiger partial charge in [-0.15, -0.1) is 0 Å². The third-order valence-electron chi connectivity index (χ3n) is 6.73. The van der Waals surface area contributed by atoms with Crippen LogP contribution in [-0.2, 0) is 14.3 Å². The van der Waals surface area contributed by atoms with Crippen molar-refractivity contribution in [3.05, 3.63) is 10.2 Å². The molecule has 0 bridgehead atoms. The van der Waals surface area contributed by atoms with Crippen molar-refractivity contribution in [1.29, 1.82) is 0 Å². The minimum atomic E-state index is -2.41. The van der Waals surface area contributed by atoms with Gasteiger partial charge in [-0.2, -0.15) is 0 Å². The van der Waals surface area contributed by atoms with Gasteiger partial charge in [-0.1, -0.05) is 6.42 Å². The molecule has 1 atom stereocenters. The summed E-state index contributed by atoms with van der Waals surface area (Å²) < 4.78 is 12.3. The summed E-state index contributed by atoms with van der Waals surface area (Å²) in [7, 11) is 0. The molecule has 4 nitrogen and oxygen atoms in total. The first-order chi connectivity index (χ1) is 15.9. The molecule has 0 heterocycles. The van der Waals surface area contributed by atoms with Crippen LogP contribution >= 0.6 is 0 Å². The average Bonchev–Trinajstić information content (AvgIpc) is 2.79. The van der Waals surface area contributed by atoms with Gasteiger partial charge in [0.15, 0.2) is 0 Å². The number of ether oxygens (including phenoxy) is 1. The van der Waals surface area contributed by atoms with E-state index in [9.17, 15) is 9.59 Å². The third-order valence-corrected chi connectivity index (χ3v) is 20.8. The van der Waals surface area contributed by atoms with E-state index >= 15 is 0 Å². The van der Waals surface area contributed by atoms with Gasteiger partial charge in [0, 0.05) is 6.42 Å². The Labute approximate surface area is 209 Å². The average molecular weight is 573 g/mol. The topological polar surface area (TPSA) is 63.6 Å². The van der Waals surface area contributed by atoms with Crippen LogP contribution in [0.3, 0.4) is 0 Å². The molecule has 0 aromatic carbocycles. The van der Waals surface area contributed by atoms with Crippen LogP contribution in [0.4, 0.5) is 0 Å². The van der Waals surface area contributed by atoms with Crippen LogP contribution < -0.4 is 0 Å². The standard InChI is InChI=1S/C16H27O4.3C4H9.Sn/c1-3-16(19)20-14(2)12-10-8-6-4-5-7-9-11-13-15(17)18;3*1-3-4-2;/h1,3,14H,4-13H2,2H3,(H,17,18);3*1,3-4H2,2H3;. The number of carboxylic acids is 1. The van der Waals surface area contributed by atoms with Gasteiger partial charge in [0.2, 0.25) is 0 Å². The van der Waals surface area contributed by atoms with Crippen LogP contribution in [0.5, 0.6) is 0 Å². The van der Waals surface area contributed by atoms with Crippen molar-refractivity contribution in [3.63, 3.8) is 0 Å². The normalized spacial score (nSPS) is 12.8. The molecule has 0 saturated carbocycles. The number of esters is 1. The molecule has 0 rings (SSSR count). The molecule has 0 fully saturated rings. The predicted octanol–water partition coefficient (Wildman–Crippen LogP) is 8.85. The molecule has 0 radical (unpaired) electrons. The molecule has 33 heavy (non-hydrogen) atoms. The maximum atomic E-state index is 12.5. The Bertz CT molecular complexity index is 496. The zero-order valence-corrected chi connectivity index (χ0v) is 25.2. The van der Waals surface area contributed by atoms with E-state index in [0.29, 0.717) is 6.42 Å². The van der Waals surface area contributed by atoms with Gasteiger partial charge < -0.3 is 5.11 Å². The summed E-state index contributed by atoms with van der Waals surface area (Å²) in [5.41, 5.74) is 0. The Hall–Kier alpha value is -0.521. The fourth-order valence-electron chi connectivity index (χ4n) is 4.52. The molecular formula is C28H54O4Sn. The van der Waals surface area contributed by atoms with E-state index in [0.717, 1.165) is 32.1 Å². The molecule has 0 aliphatic heterocycles. The van der Waals surface area contributed by atoms with Crippen LogP contribution in [0.15, 0.2) is 10.2 Å². The van der Waals surface area contributed by atoms with Crippen molar-refractivity contribution in [2.24, 2.45) is 0 Å². The Balaban J connectivity index is 4.26. The van der Waals surface area contributed by atoms with E-state index in [1.165, 1.54) is 77.5 Å². The second kappa shape index (κ2) is 22.0. The van der Waals surface area contributed by atoms with Crippen LogP contribution in [-0.4, -0.2) is 41.5 Å². The first kappa shape index (κ1) is 32.5. The molecule has 1 unspecified atom stereocenters. The van der Waals surface area contributed by atoms with Crippen molar-refractivity contribution >= 4 is 30.3 Å². The van der Waals surface area contributed by atoms with E-state index < -0.39 is 24.3 Å². The second-order valence-electron chi connectivity index (χ2n) is 10.0. The molecule has 0 aromatic heterocycles. The Morgan fingerprint density at radius 2 is 1.21 bits per heavy atom. The fraction of sp³-hybridized carbons (Fsp3) is 0.857. The molecule has 0 spiro atoms.